The first-order valence-corrected chi connectivity index (χ1v) is 9.24. The van der Waals surface area contributed by atoms with E-state index in [9.17, 15) is 9.59 Å². The van der Waals surface area contributed by atoms with Crippen LogP contribution in [0.1, 0.15) is 12.6 Å². The summed E-state index contributed by atoms with van der Waals surface area (Å²) < 4.78 is 0. The summed E-state index contributed by atoms with van der Waals surface area (Å²) >= 11 is 0. The largest absolute Gasteiger partial charge is 0.370 e. The first kappa shape index (κ1) is 20.8. The van der Waals surface area contributed by atoms with Crippen LogP contribution in [0.25, 0.3) is 0 Å². The Bertz CT molecular complexity index is 1010. The molecule has 0 unspecified atom stereocenters. The summed E-state index contributed by atoms with van der Waals surface area (Å²) in [6.07, 6.45) is 5.66. The summed E-state index contributed by atoms with van der Waals surface area (Å²) in [4.78, 5) is 38.4. The topological polar surface area (TPSA) is 137 Å². The van der Waals surface area contributed by atoms with Crippen molar-refractivity contribution in [2.45, 2.75) is 13.3 Å². The standard InChI is InChI=1S/C19H21BN8O2/c1-12(29)23-10-17(30)26-13-3-2-4-14(7-13)27-19-24-9-16(20)18(28-19)22-6-5-15-8-21-11-25-15/h2-4,7-9,11H,5-6,10H2,1H3,(H,21,25)(H,23,29)(H,26,30)(H2,22,24,27,28). The third-order valence-electron chi connectivity index (χ3n) is 3.96. The van der Waals surface area contributed by atoms with E-state index < -0.39 is 0 Å². The Balaban J connectivity index is 1.60. The maximum absolute atomic E-state index is 11.9. The number of imidazole rings is 1. The lowest BCUT2D eigenvalue weighted by molar-refractivity contribution is -0.122. The number of hydrogen-bond donors (Lipinski definition) is 5. The number of nitrogens with one attached hydrogen (secondary N) is 5. The average Bonchev–Trinajstić information content (AvgIpc) is 3.22. The summed E-state index contributed by atoms with van der Waals surface area (Å²) in [5.74, 6) is 0.284. The van der Waals surface area contributed by atoms with Gasteiger partial charge >= 0.3 is 0 Å². The van der Waals surface area contributed by atoms with Crippen molar-refractivity contribution in [2.24, 2.45) is 0 Å². The van der Waals surface area contributed by atoms with E-state index in [1.807, 2.05) is 6.07 Å². The van der Waals surface area contributed by atoms with Crippen LogP contribution in [0.5, 0.6) is 0 Å². The van der Waals surface area contributed by atoms with Gasteiger partial charge in [0.2, 0.25) is 17.8 Å². The summed E-state index contributed by atoms with van der Waals surface area (Å²) in [6, 6.07) is 7.06. The lowest BCUT2D eigenvalue weighted by Gasteiger charge is -2.12. The van der Waals surface area contributed by atoms with Crippen molar-refractivity contribution in [3.05, 3.63) is 48.7 Å². The second-order valence-electron chi connectivity index (χ2n) is 6.41. The Kier molecular flexibility index (Phi) is 6.98. The van der Waals surface area contributed by atoms with Gasteiger partial charge in [-0.1, -0.05) is 6.07 Å². The van der Waals surface area contributed by atoms with Gasteiger partial charge in [-0.05, 0) is 23.7 Å². The molecular weight excluding hydrogens is 383 g/mol. The van der Waals surface area contributed by atoms with E-state index in [2.05, 4.69) is 41.2 Å². The highest BCUT2D eigenvalue weighted by atomic mass is 16.2. The zero-order valence-electron chi connectivity index (χ0n) is 16.4. The van der Waals surface area contributed by atoms with Gasteiger partial charge in [-0.15, -0.1) is 0 Å². The van der Waals surface area contributed by atoms with Crippen molar-refractivity contribution in [1.29, 1.82) is 0 Å². The van der Waals surface area contributed by atoms with Crippen LogP contribution < -0.4 is 26.7 Å². The van der Waals surface area contributed by atoms with Crippen LogP contribution in [0.3, 0.4) is 0 Å². The van der Waals surface area contributed by atoms with E-state index in [0.717, 1.165) is 12.1 Å². The fourth-order valence-electron chi connectivity index (χ4n) is 2.54. The number of carbonyl (C=O) groups excluding carboxylic acids is 2. The average molecular weight is 404 g/mol. The van der Waals surface area contributed by atoms with Gasteiger partial charge in [-0.2, -0.15) is 4.98 Å². The fourth-order valence-corrected chi connectivity index (χ4v) is 2.54. The van der Waals surface area contributed by atoms with E-state index in [0.29, 0.717) is 35.1 Å². The number of aromatic nitrogens is 4. The highest BCUT2D eigenvalue weighted by Crippen LogP contribution is 2.18. The molecule has 0 saturated carbocycles. The molecule has 0 saturated heterocycles. The fraction of sp³-hybridized carbons (Fsp3) is 0.211. The predicted octanol–water partition coefficient (Wildman–Crippen LogP) is 0.466. The van der Waals surface area contributed by atoms with Crippen LogP contribution in [0.2, 0.25) is 0 Å². The van der Waals surface area contributed by atoms with E-state index in [1.54, 1.807) is 30.7 Å². The van der Waals surface area contributed by atoms with Gasteiger partial charge in [0.15, 0.2) is 0 Å². The maximum atomic E-state index is 11.9. The SMILES string of the molecule is [B]c1cnc(Nc2cccc(NC(=O)CNC(C)=O)c2)nc1NCCc1cnc[nH]1. The summed E-state index contributed by atoms with van der Waals surface area (Å²) in [6.45, 7) is 1.88. The van der Waals surface area contributed by atoms with Gasteiger partial charge in [0.25, 0.3) is 0 Å². The molecule has 3 rings (SSSR count). The molecule has 152 valence electrons. The highest BCUT2D eigenvalue weighted by Gasteiger charge is 2.07. The number of nitrogens with zero attached hydrogens (tertiary/aromatic N) is 3. The molecule has 0 aliphatic carbocycles. The van der Waals surface area contributed by atoms with Crippen molar-refractivity contribution < 1.29 is 9.59 Å². The van der Waals surface area contributed by atoms with E-state index in [4.69, 9.17) is 7.85 Å². The Morgan fingerprint density at radius 1 is 1.20 bits per heavy atom. The number of aromatic amines is 1. The summed E-state index contributed by atoms with van der Waals surface area (Å²) in [7, 11) is 5.96. The Morgan fingerprint density at radius 3 is 2.80 bits per heavy atom. The summed E-state index contributed by atoms with van der Waals surface area (Å²) in [5, 5.41) is 11.4. The molecule has 0 spiro atoms. The minimum absolute atomic E-state index is 0.0956. The second kappa shape index (κ2) is 10.1. The molecule has 0 aliphatic rings. The smallest absolute Gasteiger partial charge is 0.243 e. The van der Waals surface area contributed by atoms with E-state index in [1.165, 1.54) is 13.1 Å². The normalized spacial score (nSPS) is 10.3. The van der Waals surface area contributed by atoms with Crippen LogP contribution in [0.4, 0.5) is 23.1 Å². The first-order valence-electron chi connectivity index (χ1n) is 9.24. The van der Waals surface area contributed by atoms with E-state index >= 15 is 0 Å². The molecule has 5 N–H and O–H groups in total. The third kappa shape index (κ3) is 6.33. The summed E-state index contributed by atoms with van der Waals surface area (Å²) in [5.41, 5.74) is 2.69. The molecule has 1 aromatic carbocycles. The Hall–Kier alpha value is -3.89. The minimum Gasteiger partial charge on any atom is -0.370 e. The molecular formula is C19H21BN8O2. The van der Waals surface area contributed by atoms with Crippen LogP contribution in [0, 0.1) is 0 Å². The molecule has 3 aromatic rings. The van der Waals surface area contributed by atoms with Gasteiger partial charge < -0.3 is 26.3 Å². The van der Waals surface area contributed by atoms with Gasteiger partial charge in [0.1, 0.15) is 13.7 Å². The molecule has 2 heterocycles. The van der Waals surface area contributed by atoms with Crippen LogP contribution in [-0.2, 0) is 16.0 Å². The number of rotatable bonds is 9. The van der Waals surface area contributed by atoms with Crippen molar-refractivity contribution >= 4 is 48.3 Å². The van der Waals surface area contributed by atoms with Gasteiger partial charge in [-0.25, -0.2) is 9.97 Å². The lowest BCUT2D eigenvalue weighted by Crippen LogP contribution is -2.31. The quantitative estimate of drug-likeness (QED) is 0.327. The lowest BCUT2D eigenvalue weighted by atomic mass is 9.99. The van der Waals surface area contributed by atoms with E-state index in [-0.39, 0.29) is 18.4 Å². The molecule has 2 aromatic heterocycles. The predicted molar refractivity (Wildman–Crippen MR) is 115 cm³/mol. The number of H-pyrrole nitrogens is 1. The van der Waals surface area contributed by atoms with Gasteiger partial charge in [-0.3, -0.25) is 9.59 Å². The van der Waals surface area contributed by atoms with Crippen molar-refractivity contribution in [1.82, 2.24) is 25.3 Å². The zero-order valence-corrected chi connectivity index (χ0v) is 16.4. The number of amides is 2. The second-order valence-corrected chi connectivity index (χ2v) is 6.41. The van der Waals surface area contributed by atoms with Crippen molar-refractivity contribution in [3.63, 3.8) is 0 Å². The van der Waals surface area contributed by atoms with Crippen LogP contribution in [-0.4, -0.2) is 52.7 Å². The number of anilines is 4. The first-order chi connectivity index (χ1) is 14.5. The molecule has 0 aliphatic heterocycles. The number of carbonyl (C=O) groups is 2. The molecule has 11 heteroatoms. The van der Waals surface area contributed by atoms with Crippen LogP contribution in [0.15, 0.2) is 43.0 Å². The molecule has 0 atom stereocenters. The van der Waals surface area contributed by atoms with Gasteiger partial charge in [0.05, 0.1) is 12.9 Å². The Morgan fingerprint density at radius 2 is 2.03 bits per heavy atom. The molecule has 2 radical (unpaired) electrons. The van der Waals surface area contributed by atoms with Crippen LogP contribution >= 0.6 is 0 Å². The molecule has 10 nitrogen and oxygen atoms in total. The van der Waals surface area contributed by atoms with Crippen molar-refractivity contribution in [2.75, 3.05) is 29.0 Å². The molecule has 30 heavy (non-hydrogen) atoms. The Labute approximate surface area is 174 Å². The molecule has 2 amide bonds. The third-order valence-corrected chi connectivity index (χ3v) is 3.96. The monoisotopic (exact) mass is 404 g/mol. The maximum Gasteiger partial charge on any atom is 0.243 e. The molecule has 0 bridgehead atoms. The highest BCUT2D eigenvalue weighted by molar-refractivity contribution is 6.35. The molecule has 0 fully saturated rings. The van der Waals surface area contributed by atoms with Crippen molar-refractivity contribution in [3.8, 4) is 0 Å². The number of benzene rings is 1. The number of hydrogen-bond acceptors (Lipinski definition) is 7. The minimum atomic E-state index is -0.324. The zero-order chi connectivity index (χ0) is 21.3. The van der Waals surface area contributed by atoms with Gasteiger partial charge in [0, 0.05) is 49.4 Å².